The average Bonchev–Trinajstić information content (AvgIpc) is 2.96. The fourth-order valence-electron chi connectivity index (χ4n) is 6.81. The molecule has 2 saturated carbocycles. The Hall–Kier alpha value is -3.18. The molecule has 0 radical (unpaired) electrons. The minimum absolute atomic E-state index is 0.0890. The fraction of sp³-hybridized carbons (Fsp3) is 0.806. The Bertz CT molecular complexity index is 1040. The molecule has 12 nitrogen and oxygen atoms in total. The Balaban J connectivity index is 1.86. The van der Waals surface area contributed by atoms with Crippen molar-refractivity contribution in [1.29, 1.82) is 0 Å². The van der Waals surface area contributed by atoms with Crippen molar-refractivity contribution >= 4 is 35.6 Å². The average molecular weight is 607 g/mol. The Morgan fingerprint density at radius 1 is 0.907 bits per heavy atom. The van der Waals surface area contributed by atoms with Gasteiger partial charge >= 0.3 is 12.1 Å². The summed E-state index contributed by atoms with van der Waals surface area (Å²) >= 11 is 0. The second-order valence-electron chi connectivity index (χ2n) is 13.4. The molecule has 1 unspecified atom stereocenters. The first-order valence-corrected chi connectivity index (χ1v) is 15.9. The van der Waals surface area contributed by atoms with Crippen molar-refractivity contribution < 1.29 is 38.6 Å². The lowest BCUT2D eigenvalue weighted by Gasteiger charge is -2.47. The number of nitrogens with zero attached hydrogens (tertiary/aromatic N) is 1. The number of hydrogen-bond acceptors (Lipinski definition) is 7. The van der Waals surface area contributed by atoms with Crippen LogP contribution in [0.2, 0.25) is 0 Å². The van der Waals surface area contributed by atoms with Crippen molar-refractivity contribution in [2.75, 3.05) is 13.1 Å². The number of piperidine rings is 1. The molecule has 242 valence electrons. The van der Waals surface area contributed by atoms with Crippen molar-refractivity contribution in [3.8, 4) is 0 Å². The number of likely N-dealkylation sites (tertiary alicyclic amines) is 1. The van der Waals surface area contributed by atoms with Crippen LogP contribution in [0.4, 0.5) is 4.79 Å². The summed E-state index contributed by atoms with van der Waals surface area (Å²) in [5.74, 6) is -3.73. The van der Waals surface area contributed by atoms with Gasteiger partial charge in [0.2, 0.25) is 17.6 Å². The Kier molecular flexibility index (Phi) is 12.4. The second-order valence-corrected chi connectivity index (χ2v) is 13.4. The molecule has 3 aliphatic rings. The van der Waals surface area contributed by atoms with E-state index in [1.165, 1.54) is 0 Å². The van der Waals surface area contributed by atoms with Gasteiger partial charge in [0.05, 0.1) is 6.04 Å². The van der Waals surface area contributed by atoms with Gasteiger partial charge in [-0.25, -0.2) is 4.79 Å². The lowest BCUT2D eigenvalue weighted by Crippen LogP contribution is -2.63. The minimum atomic E-state index is -1.29. The quantitative estimate of drug-likeness (QED) is 0.260. The number of carbonyl (C=O) groups is 6. The van der Waals surface area contributed by atoms with Crippen LogP contribution in [0, 0.1) is 17.8 Å². The molecular formula is C31H50N4O8. The standard InChI is InChI=1S/C31H50N4O8/c1-5-11-22(26(38)28(40)32-17-24(36)37)33-27(39)23-16-20-14-9-10-15-21(20)18-35(23)29(41)25(19-12-7-6-8-13-19)34-30(42)43-31(2,3)4/h19-23,25H,5-18H2,1-4H3,(H,32,40)(H,33,39)(H,34,42)(H,36,37)/t20-,21+,22?,23-,25-/m0/s1. The molecular weight excluding hydrogens is 556 g/mol. The van der Waals surface area contributed by atoms with Crippen LogP contribution >= 0.6 is 0 Å². The molecule has 0 spiro atoms. The maximum absolute atomic E-state index is 14.4. The third-order valence-electron chi connectivity index (χ3n) is 8.88. The number of ketones is 1. The van der Waals surface area contributed by atoms with E-state index in [0.29, 0.717) is 19.4 Å². The van der Waals surface area contributed by atoms with E-state index in [-0.39, 0.29) is 30.1 Å². The molecule has 43 heavy (non-hydrogen) atoms. The maximum Gasteiger partial charge on any atom is 0.408 e. The topological polar surface area (TPSA) is 171 Å². The molecule has 12 heteroatoms. The number of ether oxygens (including phenoxy) is 1. The highest BCUT2D eigenvalue weighted by Gasteiger charge is 2.46. The molecule has 5 atom stereocenters. The first-order valence-electron chi connectivity index (χ1n) is 15.9. The number of fused-ring (bicyclic) bond motifs is 1. The molecule has 2 aliphatic carbocycles. The van der Waals surface area contributed by atoms with Crippen LogP contribution < -0.4 is 16.0 Å². The predicted octanol–water partition coefficient (Wildman–Crippen LogP) is 2.92. The van der Waals surface area contributed by atoms with Crippen LogP contribution in [0.15, 0.2) is 0 Å². The maximum atomic E-state index is 14.4. The van der Waals surface area contributed by atoms with E-state index >= 15 is 0 Å². The summed E-state index contributed by atoms with van der Waals surface area (Å²) in [6, 6.07) is -2.87. The van der Waals surface area contributed by atoms with Gasteiger partial charge in [-0.05, 0) is 70.6 Å². The zero-order valence-corrected chi connectivity index (χ0v) is 26.1. The van der Waals surface area contributed by atoms with Gasteiger partial charge in [-0.3, -0.25) is 24.0 Å². The number of carboxylic acids is 1. The number of hydrogen-bond donors (Lipinski definition) is 4. The first-order chi connectivity index (χ1) is 20.3. The largest absolute Gasteiger partial charge is 0.480 e. The number of carboxylic acid groups (broad SMARTS) is 1. The van der Waals surface area contributed by atoms with Crippen molar-refractivity contribution in [2.24, 2.45) is 17.8 Å². The molecule has 4 amide bonds. The van der Waals surface area contributed by atoms with E-state index in [1.54, 1.807) is 25.7 Å². The fourth-order valence-corrected chi connectivity index (χ4v) is 6.81. The van der Waals surface area contributed by atoms with Crippen LogP contribution in [-0.4, -0.2) is 82.4 Å². The SMILES string of the molecule is CCCC(NC(=O)[C@@H]1C[C@@H]2CCCC[C@@H]2CN1C(=O)[C@@H](NC(=O)OC(C)(C)C)C1CCCCC1)C(=O)C(=O)NCC(=O)O. The van der Waals surface area contributed by atoms with Gasteiger partial charge in [0.25, 0.3) is 5.91 Å². The Morgan fingerprint density at radius 2 is 1.53 bits per heavy atom. The number of Topliss-reactive ketones (excluding diaryl/α,β-unsaturated/α-hetero) is 1. The molecule has 0 aromatic carbocycles. The molecule has 0 aromatic rings. The monoisotopic (exact) mass is 606 g/mol. The van der Waals surface area contributed by atoms with E-state index in [1.807, 2.05) is 6.92 Å². The number of rotatable bonds is 11. The number of carbonyl (C=O) groups excluding carboxylic acids is 5. The van der Waals surface area contributed by atoms with Gasteiger partial charge in [-0.2, -0.15) is 0 Å². The molecule has 1 aliphatic heterocycles. The molecule has 3 fully saturated rings. The summed E-state index contributed by atoms with van der Waals surface area (Å²) < 4.78 is 5.51. The zero-order chi connectivity index (χ0) is 31.7. The summed E-state index contributed by atoms with van der Waals surface area (Å²) in [5, 5.41) is 16.5. The number of amides is 4. The van der Waals surface area contributed by atoms with Crippen LogP contribution in [-0.2, 0) is 28.7 Å². The molecule has 0 bridgehead atoms. The summed E-state index contributed by atoms with van der Waals surface area (Å²) in [4.78, 5) is 78.9. The van der Waals surface area contributed by atoms with Gasteiger partial charge in [-0.1, -0.05) is 51.9 Å². The highest BCUT2D eigenvalue weighted by molar-refractivity contribution is 6.38. The summed E-state index contributed by atoms with van der Waals surface area (Å²) in [7, 11) is 0. The van der Waals surface area contributed by atoms with Crippen LogP contribution in [0.25, 0.3) is 0 Å². The van der Waals surface area contributed by atoms with Gasteiger partial charge < -0.3 is 30.7 Å². The van der Waals surface area contributed by atoms with Crippen LogP contribution in [0.1, 0.15) is 105 Å². The van der Waals surface area contributed by atoms with Gasteiger partial charge in [0, 0.05) is 6.54 Å². The van der Waals surface area contributed by atoms with Gasteiger partial charge in [0.15, 0.2) is 0 Å². The predicted molar refractivity (Wildman–Crippen MR) is 158 cm³/mol. The number of aliphatic carboxylic acids is 1. The molecule has 0 aromatic heterocycles. The van der Waals surface area contributed by atoms with Crippen molar-refractivity contribution in [3.05, 3.63) is 0 Å². The first kappa shape index (κ1) is 34.3. The van der Waals surface area contributed by atoms with Gasteiger partial charge in [-0.15, -0.1) is 0 Å². The lowest BCUT2D eigenvalue weighted by molar-refractivity contribution is -0.150. The third-order valence-corrected chi connectivity index (χ3v) is 8.88. The summed E-state index contributed by atoms with van der Waals surface area (Å²) in [6.07, 6.45) is 8.97. The molecule has 1 heterocycles. The van der Waals surface area contributed by atoms with Crippen molar-refractivity contribution in [2.45, 2.75) is 128 Å². The van der Waals surface area contributed by atoms with E-state index in [4.69, 9.17) is 9.84 Å². The summed E-state index contributed by atoms with van der Waals surface area (Å²) in [6.45, 7) is 6.75. The Labute approximate surface area is 254 Å². The van der Waals surface area contributed by atoms with Crippen molar-refractivity contribution in [3.63, 3.8) is 0 Å². The third kappa shape index (κ3) is 9.92. The molecule has 4 N–H and O–H groups in total. The number of nitrogens with one attached hydrogen (secondary N) is 3. The second kappa shape index (κ2) is 15.5. The Morgan fingerprint density at radius 3 is 2.14 bits per heavy atom. The minimum Gasteiger partial charge on any atom is -0.480 e. The highest BCUT2D eigenvalue weighted by atomic mass is 16.6. The molecule has 3 rings (SSSR count). The van der Waals surface area contributed by atoms with E-state index < -0.39 is 59.9 Å². The van der Waals surface area contributed by atoms with E-state index in [0.717, 1.165) is 57.8 Å². The normalized spacial score (nSPS) is 24.1. The van der Waals surface area contributed by atoms with Crippen LogP contribution in [0.3, 0.4) is 0 Å². The lowest BCUT2D eigenvalue weighted by atomic mass is 9.72. The highest BCUT2D eigenvalue weighted by Crippen LogP contribution is 2.39. The van der Waals surface area contributed by atoms with Crippen LogP contribution in [0.5, 0.6) is 0 Å². The zero-order valence-electron chi connectivity index (χ0n) is 26.1. The van der Waals surface area contributed by atoms with Gasteiger partial charge in [0.1, 0.15) is 24.2 Å². The number of alkyl carbamates (subject to hydrolysis) is 1. The summed E-state index contributed by atoms with van der Waals surface area (Å²) in [5.41, 5.74) is -0.745. The van der Waals surface area contributed by atoms with E-state index in [2.05, 4.69) is 16.0 Å². The molecule has 1 saturated heterocycles. The smallest absolute Gasteiger partial charge is 0.408 e. The van der Waals surface area contributed by atoms with Crippen molar-refractivity contribution in [1.82, 2.24) is 20.9 Å². The van der Waals surface area contributed by atoms with E-state index in [9.17, 15) is 28.8 Å².